The summed E-state index contributed by atoms with van der Waals surface area (Å²) in [7, 11) is 0. The summed E-state index contributed by atoms with van der Waals surface area (Å²) in [4.78, 5) is 11.5. The molecule has 0 aromatic heterocycles. The highest BCUT2D eigenvalue weighted by atomic mass is 16.7. The molecule has 0 radical (unpaired) electrons. The summed E-state index contributed by atoms with van der Waals surface area (Å²) in [6.45, 7) is 12.8. The van der Waals surface area contributed by atoms with Crippen molar-refractivity contribution in [2.75, 3.05) is 20.0 Å². The van der Waals surface area contributed by atoms with E-state index in [-0.39, 0.29) is 22.5 Å². The number of fused-ring (bicyclic) bond motifs is 3. The van der Waals surface area contributed by atoms with Gasteiger partial charge < -0.3 is 19.3 Å². The van der Waals surface area contributed by atoms with Gasteiger partial charge in [0.2, 0.25) is 0 Å². The van der Waals surface area contributed by atoms with E-state index in [1.807, 2.05) is 13.0 Å². The summed E-state index contributed by atoms with van der Waals surface area (Å²) >= 11 is 0. The summed E-state index contributed by atoms with van der Waals surface area (Å²) < 4.78 is 17.8. The van der Waals surface area contributed by atoms with E-state index in [0.717, 1.165) is 44.3 Å². The molecule has 0 bridgehead atoms. The van der Waals surface area contributed by atoms with Gasteiger partial charge in [0.15, 0.2) is 0 Å². The Morgan fingerprint density at radius 1 is 1.30 bits per heavy atom. The van der Waals surface area contributed by atoms with Crippen LogP contribution in [0.15, 0.2) is 30.4 Å². The number of hydrogen-bond acceptors (Lipinski definition) is 4. The fourth-order valence-electron chi connectivity index (χ4n) is 6.58. The first-order valence-electron chi connectivity index (χ1n) is 11.1. The molecule has 2 saturated carbocycles. The number of allylic oxidation sites excluding steroid dienone is 1. The molecule has 1 aromatic carbocycles. The van der Waals surface area contributed by atoms with Crippen molar-refractivity contribution >= 4 is 5.97 Å². The van der Waals surface area contributed by atoms with Crippen LogP contribution >= 0.6 is 0 Å². The summed E-state index contributed by atoms with van der Waals surface area (Å²) in [6.07, 6.45) is 5.45. The molecule has 4 rings (SSSR count). The normalized spacial score (nSPS) is 36.0. The van der Waals surface area contributed by atoms with Crippen molar-refractivity contribution in [3.05, 3.63) is 41.5 Å². The highest BCUT2D eigenvalue weighted by Crippen LogP contribution is 2.62. The number of carboxylic acids is 1. The molecule has 1 saturated heterocycles. The Kier molecular flexibility index (Phi) is 5.71. The quantitative estimate of drug-likeness (QED) is 0.669. The van der Waals surface area contributed by atoms with Gasteiger partial charge in [-0.2, -0.15) is 0 Å². The highest BCUT2D eigenvalue weighted by molar-refractivity contribution is 5.90. The summed E-state index contributed by atoms with van der Waals surface area (Å²) in [5, 5.41) is 9.46. The molecule has 30 heavy (non-hydrogen) atoms. The molecular formula is C25H34O5. The van der Waals surface area contributed by atoms with Crippen LogP contribution in [0.1, 0.15) is 61.9 Å². The molecule has 2 aliphatic carbocycles. The van der Waals surface area contributed by atoms with E-state index in [9.17, 15) is 9.90 Å². The summed E-state index contributed by atoms with van der Waals surface area (Å²) in [5.74, 6) is 0.375. The van der Waals surface area contributed by atoms with E-state index in [4.69, 9.17) is 14.2 Å². The third-order valence-electron chi connectivity index (χ3n) is 8.11. The first kappa shape index (κ1) is 21.4. The fourth-order valence-corrected chi connectivity index (χ4v) is 6.58. The molecule has 5 heteroatoms. The van der Waals surface area contributed by atoms with Gasteiger partial charge in [-0.3, -0.25) is 0 Å². The second kappa shape index (κ2) is 8.01. The van der Waals surface area contributed by atoms with Crippen LogP contribution in [0.2, 0.25) is 0 Å². The van der Waals surface area contributed by atoms with Gasteiger partial charge in [-0.15, -0.1) is 0 Å². The highest BCUT2D eigenvalue weighted by Gasteiger charge is 2.59. The van der Waals surface area contributed by atoms with Crippen molar-refractivity contribution in [3.8, 4) is 5.75 Å². The Hall–Kier alpha value is -1.85. The number of hydrogen-bond donors (Lipinski definition) is 1. The molecule has 1 aliphatic heterocycles. The first-order valence-corrected chi connectivity index (χ1v) is 11.1. The van der Waals surface area contributed by atoms with Crippen molar-refractivity contribution in [3.63, 3.8) is 0 Å². The molecule has 5 atom stereocenters. The minimum absolute atomic E-state index is 0.0398. The largest absolute Gasteiger partial charge is 0.493 e. The number of ether oxygens (including phenoxy) is 3. The smallest absolute Gasteiger partial charge is 0.339 e. The molecular weight excluding hydrogens is 380 g/mol. The van der Waals surface area contributed by atoms with Gasteiger partial charge in [0.25, 0.3) is 0 Å². The average molecular weight is 415 g/mol. The Bertz CT molecular complexity index is 833. The fraction of sp³-hybridized carbons (Fsp3) is 0.640. The Balaban J connectivity index is 1.51. The van der Waals surface area contributed by atoms with Gasteiger partial charge in [-0.1, -0.05) is 32.1 Å². The first-order chi connectivity index (χ1) is 14.3. The maximum absolute atomic E-state index is 11.5. The molecule has 1 N–H and O–H groups in total. The van der Waals surface area contributed by atoms with Crippen LogP contribution in [0.3, 0.4) is 0 Å². The van der Waals surface area contributed by atoms with Crippen LogP contribution < -0.4 is 4.74 Å². The van der Waals surface area contributed by atoms with Gasteiger partial charge in [-0.05, 0) is 74.0 Å². The van der Waals surface area contributed by atoms with E-state index in [1.165, 1.54) is 5.57 Å². The Labute approximate surface area is 179 Å². The van der Waals surface area contributed by atoms with Crippen LogP contribution in [0, 0.1) is 29.6 Å². The van der Waals surface area contributed by atoms with E-state index in [2.05, 4.69) is 20.4 Å². The van der Waals surface area contributed by atoms with E-state index >= 15 is 0 Å². The SMILES string of the molecule is C=C1CCC2[C@]3(C)COCO[C@@H]3CC[C@@]2(C)[C@@H]1CCOc1cc(C)ccc1C(=O)O. The lowest BCUT2D eigenvalue weighted by molar-refractivity contribution is -0.260. The summed E-state index contributed by atoms with van der Waals surface area (Å²) in [5.41, 5.74) is 2.69. The zero-order valence-corrected chi connectivity index (χ0v) is 18.4. The number of rotatable bonds is 5. The van der Waals surface area contributed by atoms with Crippen LogP contribution in [0.25, 0.3) is 0 Å². The van der Waals surface area contributed by atoms with Gasteiger partial charge in [0.1, 0.15) is 18.1 Å². The van der Waals surface area contributed by atoms with Crippen molar-refractivity contribution in [1.82, 2.24) is 0 Å². The second-order valence-electron chi connectivity index (χ2n) is 9.92. The zero-order valence-electron chi connectivity index (χ0n) is 18.4. The monoisotopic (exact) mass is 414 g/mol. The average Bonchev–Trinajstić information content (AvgIpc) is 2.69. The van der Waals surface area contributed by atoms with Crippen molar-refractivity contribution in [1.29, 1.82) is 0 Å². The topological polar surface area (TPSA) is 65.0 Å². The summed E-state index contributed by atoms with van der Waals surface area (Å²) in [6, 6.07) is 5.24. The van der Waals surface area contributed by atoms with Crippen LogP contribution in [0.5, 0.6) is 5.75 Å². The third-order valence-corrected chi connectivity index (χ3v) is 8.11. The maximum Gasteiger partial charge on any atom is 0.339 e. The number of aryl methyl sites for hydroxylation is 1. The Morgan fingerprint density at radius 2 is 2.10 bits per heavy atom. The third kappa shape index (κ3) is 3.56. The van der Waals surface area contributed by atoms with E-state index in [0.29, 0.717) is 31.0 Å². The molecule has 1 heterocycles. The predicted octanol–water partition coefficient (Wildman–Crippen LogP) is 5.22. The van der Waals surface area contributed by atoms with Gasteiger partial charge in [0.05, 0.1) is 19.3 Å². The van der Waals surface area contributed by atoms with Crippen LogP contribution in [-0.2, 0) is 9.47 Å². The van der Waals surface area contributed by atoms with Crippen molar-refractivity contribution < 1.29 is 24.1 Å². The maximum atomic E-state index is 11.5. The molecule has 0 spiro atoms. The van der Waals surface area contributed by atoms with Gasteiger partial charge in [0, 0.05) is 5.41 Å². The molecule has 0 amide bonds. The van der Waals surface area contributed by atoms with Crippen molar-refractivity contribution in [2.24, 2.45) is 22.7 Å². The Morgan fingerprint density at radius 3 is 2.87 bits per heavy atom. The van der Waals surface area contributed by atoms with Crippen LogP contribution in [0.4, 0.5) is 0 Å². The second-order valence-corrected chi connectivity index (χ2v) is 9.92. The minimum atomic E-state index is -0.956. The van der Waals surface area contributed by atoms with E-state index in [1.54, 1.807) is 12.1 Å². The van der Waals surface area contributed by atoms with Gasteiger partial charge in [-0.25, -0.2) is 4.79 Å². The lowest BCUT2D eigenvalue weighted by Gasteiger charge is -2.62. The molecule has 1 aromatic rings. The molecule has 5 nitrogen and oxygen atoms in total. The number of aromatic carboxylic acids is 1. The van der Waals surface area contributed by atoms with Gasteiger partial charge >= 0.3 is 5.97 Å². The molecule has 164 valence electrons. The molecule has 3 aliphatic rings. The predicted molar refractivity (Wildman–Crippen MR) is 115 cm³/mol. The number of carboxylic acid groups (broad SMARTS) is 1. The lowest BCUT2D eigenvalue weighted by atomic mass is 9.46. The standard InChI is InChI=1S/C25H34O5/c1-16-5-7-18(23(26)27)20(13-16)29-12-10-19-17(2)6-8-21-24(19,3)11-9-22-25(21,4)14-28-15-30-22/h5,7,13,19,21-22H,2,6,8-12,14-15H2,1,3-4H3,(H,26,27)/t19-,21?,22-,24+,25+/m1/s1. The number of benzene rings is 1. The van der Waals surface area contributed by atoms with E-state index < -0.39 is 5.97 Å². The number of carbonyl (C=O) groups is 1. The zero-order chi connectivity index (χ0) is 21.5. The van der Waals surface area contributed by atoms with Crippen LogP contribution in [-0.4, -0.2) is 37.2 Å². The lowest BCUT2D eigenvalue weighted by Crippen LogP contribution is -2.60. The minimum Gasteiger partial charge on any atom is -0.493 e. The van der Waals surface area contributed by atoms with Crippen molar-refractivity contribution in [2.45, 2.75) is 59.0 Å². The molecule has 3 fully saturated rings. The molecule has 1 unspecified atom stereocenters.